The van der Waals surface area contributed by atoms with E-state index in [4.69, 9.17) is 9.47 Å². The van der Waals surface area contributed by atoms with Crippen LogP contribution in [0.2, 0.25) is 0 Å². The van der Waals surface area contributed by atoms with Crippen LogP contribution in [-0.2, 0) is 25.5 Å². The number of methoxy groups -OCH3 is 2. The first-order chi connectivity index (χ1) is 14.1. The summed E-state index contributed by atoms with van der Waals surface area (Å²) in [7, 11) is 3.23. The first-order valence-electron chi connectivity index (χ1n) is 9.61. The average Bonchev–Trinajstić information content (AvgIpc) is 3.35. The van der Waals surface area contributed by atoms with Gasteiger partial charge in [-0.25, -0.2) is 4.90 Å². The number of thiophene rings is 1. The van der Waals surface area contributed by atoms with Crippen molar-refractivity contribution in [3.05, 3.63) is 57.9 Å². The molecule has 0 radical (unpaired) electrons. The number of aryl methyl sites for hydroxylation is 1. The molecule has 0 atom stereocenters. The molecule has 0 fully saturated rings. The van der Waals surface area contributed by atoms with E-state index < -0.39 is 0 Å². The van der Waals surface area contributed by atoms with Crippen LogP contribution in [0.4, 0.5) is 5.69 Å². The molecule has 6 nitrogen and oxygen atoms in total. The van der Waals surface area contributed by atoms with E-state index in [9.17, 15) is 9.59 Å². The minimum absolute atomic E-state index is 0.295. The molecule has 0 saturated heterocycles. The number of nitrogens with zero attached hydrogens (tertiary/aromatic N) is 2. The molecule has 0 aliphatic carbocycles. The molecule has 1 aromatic carbocycles. The second kappa shape index (κ2) is 9.82. The van der Waals surface area contributed by atoms with Crippen molar-refractivity contribution in [3.63, 3.8) is 0 Å². The standard InChI is InChI=1S/C22H26N2O4S/c1-4-16-7-9-17(10-8-16)24-21(25)19(18-6-5-15-29-18)20(22(24)26)23(11-13-27-2)12-14-28-3/h5-10,15H,4,11-14H2,1-3H3. The Bertz CT molecular complexity index is 867. The molecule has 7 heteroatoms. The highest BCUT2D eigenvalue weighted by molar-refractivity contribution is 7.11. The number of carbonyl (C=O) groups is 2. The molecule has 2 aromatic rings. The summed E-state index contributed by atoms with van der Waals surface area (Å²) in [6.45, 7) is 3.94. The van der Waals surface area contributed by atoms with Crippen molar-refractivity contribution in [1.29, 1.82) is 0 Å². The summed E-state index contributed by atoms with van der Waals surface area (Å²) in [6, 6.07) is 11.3. The maximum absolute atomic E-state index is 13.5. The molecule has 1 aromatic heterocycles. The molecule has 1 aliphatic heterocycles. The molecule has 2 heterocycles. The van der Waals surface area contributed by atoms with Gasteiger partial charge in [0.25, 0.3) is 11.8 Å². The summed E-state index contributed by atoms with van der Waals surface area (Å²) in [6.07, 6.45) is 0.897. The van der Waals surface area contributed by atoms with Gasteiger partial charge in [0.1, 0.15) is 5.70 Å². The Morgan fingerprint density at radius 3 is 2.14 bits per heavy atom. The van der Waals surface area contributed by atoms with Crippen molar-refractivity contribution >= 4 is 34.4 Å². The SMILES string of the molecule is CCc1ccc(N2C(=O)C(c3cccs3)=C(N(CCOC)CCOC)C2=O)cc1. The fourth-order valence-corrected chi connectivity index (χ4v) is 4.07. The van der Waals surface area contributed by atoms with E-state index in [-0.39, 0.29) is 11.8 Å². The molecule has 0 bridgehead atoms. The molecule has 3 rings (SSSR count). The van der Waals surface area contributed by atoms with Crippen LogP contribution in [0.25, 0.3) is 5.57 Å². The van der Waals surface area contributed by atoms with E-state index in [1.165, 1.54) is 16.2 Å². The molecule has 0 saturated carbocycles. The lowest BCUT2D eigenvalue weighted by molar-refractivity contribution is -0.120. The summed E-state index contributed by atoms with van der Waals surface area (Å²) in [5, 5.41) is 1.91. The smallest absolute Gasteiger partial charge is 0.282 e. The minimum Gasteiger partial charge on any atom is -0.383 e. The van der Waals surface area contributed by atoms with E-state index in [1.807, 2.05) is 46.7 Å². The number of anilines is 1. The van der Waals surface area contributed by atoms with Crippen molar-refractivity contribution in [3.8, 4) is 0 Å². The van der Waals surface area contributed by atoms with Gasteiger partial charge < -0.3 is 14.4 Å². The molecular weight excluding hydrogens is 388 g/mol. The quantitative estimate of drug-likeness (QED) is 0.559. The molecule has 29 heavy (non-hydrogen) atoms. The first-order valence-corrected chi connectivity index (χ1v) is 10.5. The Labute approximate surface area is 175 Å². The predicted octanol–water partition coefficient (Wildman–Crippen LogP) is 3.19. The Hall–Kier alpha value is -2.48. The number of ether oxygens (including phenoxy) is 2. The summed E-state index contributed by atoms with van der Waals surface area (Å²) < 4.78 is 10.4. The van der Waals surface area contributed by atoms with Crippen LogP contribution in [0.15, 0.2) is 47.5 Å². The Kier molecular flexibility index (Phi) is 7.19. The van der Waals surface area contributed by atoms with Crippen molar-refractivity contribution in [2.45, 2.75) is 13.3 Å². The third kappa shape index (κ3) is 4.42. The van der Waals surface area contributed by atoms with Gasteiger partial charge in [0.15, 0.2) is 0 Å². The molecule has 154 valence electrons. The highest BCUT2D eigenvalue weighted by atomic mass is 32.1. The number of rotatable bonds is 10. The van der Waals surface area contributed by atoms with E-state index in [0.717, 1.165) is 16.9 Å². The highest BCUT2D eigenvalue weighted by Crippen LogP contribution is 2.36. The first kappa shape index (κ1) is 21.2. The summed E-state index contributed by atoms with van der Waals surface area (Å²) >= 11 is 1.45. The monoisotopic (exact) mass is 414 g/mol. The molecule has 0 N–H and O–H groups in total. The number of hydrogen-bond donors (Lipinski definition) is 0. The van der Waals surface area contributed by atoms with E-state index in [2.05, 4.69) is 6.92 Å². The van der Waals surface area contributed by atoms with E-state index >= 15 is 0 Å². The predicted molar refractivity (Wildman–Crippen MR) is 115 cm³/mol. The third-order valence-corrected chi connectivity index (χ3v) is 5.76. The summed E-state index contributed by atoms with van der Waals surface area (Å²) in [5.41, 5.74) is 2.59. The zero-order valence-corrected chi connectivity index (χ0v) is 17.8. The van der Waals surface area contributed by atoms with Gasteiger partial charge in [0.2, 0.25) is 0 Å². The second-order valence-electron chi connectivity index (χ2n) is 6.64. The Morgan fingerprint density at radius 1 is 0.966 bits per heavy atom. The van der Waals surface area contributed by atoms with Gasteiger partial charge in [-0.05, 0) is 35.6 Å². The zero-order chi connectivity index (χ0) is 20.8. The summed E-state index contributed by atoms with van der Waals surface area (Å²) in [4.78, 5) is 30.8. The van der Waals surface area contributed by atoms with Crippen LogP contribution in [0, 0.1) is 0 Å². The van der Waals surface area contributed by atoms with Crippen molar-refractivity contribution < 1.29 is 19.1 Å². The lowest BCUT2D eigenvalue weighted by atomic mass is 10.1. The molecular formula is C22H26N2O4S. The molecule has 1 aliphatic rings. The number of carbonyl (C=O) groups excluding carboxylic acids is 2. The number of amides is 2. The van der Waals surface area contributed by atoms with Gasteiger partial charge in [-0.15, -0.1) is 11.3 Å². The number of hydrogen-bond acceptors (Lipinski definition) is 6. The topological polar surface area (TPSA) is 59.1 Å². The van der Waals surface area contributed by atoms with Crippen LogP contribution < -0.4 is 4.90 Å². The Balaban J connectivity index is 2.04. The minimum atomic E-state index is -0.310. The summed E-state index contributed by atoms with van der Waals surface area (Å²) in [5.74, 6) is -0.605. The maximum Gasteiger partial charge on any atom is 0.282 e. The van der Waals surface area contributed by atoms with Crippen molar-refractivity contribution in [2.75, 3.05) is 45.4 Å². The number of imide groups is 1. The lowest BCUT2D eigenvalue weighted by Crippen LogP contribution is -2.37. The Morgan fingerprint density at radius 2 is 1.62 bits per heavy atom. The third-order valence-electron chi connectivity index (χ3n) is 4.88. The van der Waals surface area contributed by atoms with E-state index in [0.29, 0.717) is 43.3 Å². The van der Waals surface area contributed by atoms with Gasteiger partial charge in [-0.3, -0.25) is 9.59 Å². The zero-order valence-electron chi connectivity index (χ0n) is 17.0. The van der Waals surface area contributed by atoms with Crippen molar-refractivity contribution in [1.82, 2.24) is 4.90 Å². The van der Waals surface area contributed by atoms with Gasteiger partial charge in [-0.2, -0.15) is 0 Å². The molecule has 0 unspecified atom stereocenters. The van der Waals surface area contributed by atoms with Gasteiger partial charge in [-0.1, -0.05) is 25.1 Å². The van der Waals surface area contributed by atoms with Gasteiger partial charge >= 0.3 is 0 Å². The van der Waals surface area contributed by atoms with Crippen LogP contribution in [-0.4, -0.2) is 57.2 Å². The van der Waals surface area contributed by atoms with Crippen molar-refractivity contribution in [2.24, 2.45) is 0 Å². The normalized spacial score (nSPS) is 14.2. The second-order valence-corrected chi connectivity index (χ2v) is 7.59. The highest BCUT2D eigenvalue weighted by Gasteiger charge is 2.42. The van der Waals surface area contributed by atoms with Crippen LogP contribution >= 0.6 is 11.3 Å². The fourth-order valence-electron chi connectivity index (χ4n) is 3.31. The van der Waals surface area contributed by atoms with Crippen LogP contribution in [0.1, 0.15) is 17.4 Å². The molecule has 0 spiro atoms. The largest absolute Gasteiger partial charge is 0.383 e. The van der Waals surface area contributed by atoms with E-state index in [1.54, 1.807) is 14.2 Å². The molecule has 2 amide bonds. The number of benzene rings is 1. The van der Waals surface area contributed by atoms with Gasteiger partial charge in [0, 0.05) is 32.2 Å². The van der Waals surface area contributed by atoms with Gasteiger partial charge in [0.05, 0.1) is 24.5 Å². The lowest BCUT2D eigenvalue weighted by Gasteiger charge is -2.25. The van der Waals surface area contributed by atoms with Crippen LogP contribution in [0.3, 0.4) is 0 Å². The maximum atomic E-state index is 13.5. The van der Waals surface area contributed by atoms with Crippen LogP contribution in [0.5, 0.6) is 0 Å². The fraction of sp³-hybridized carbons (Fsp3) is 0.364. The average molecular weight is 415 g/mol.